The summed E-state index contributed by atoms with van der Waals surface area (Å²) in [5.41, 5.74) is 5.37. The molecule has 0 amide bonds. The molecule has 0 rings (SSSR count). The van der Waals surface area contributed by atoms with Crippen LogP contribution in [0, 0.1) is 0 Å². The molecule has 0 saturated carbocycles. The summed E-state index contributed by atoms with van der Waals surface area (Å²) in [7, 11) is 1.55. The SMILES string of the molecule is COCCOC(=O)CC(C)N. The van der Waals surface area contributed by atoms with Crippen LogP contribution < -0.4 is 5.73 Å². The van der Waals surface area contributed by atoms with Gasteiger partial charge in [0.05, 0.1) is 13.0 Å². The van der Waals surface area contributed by atoms with Crippen LogP contribution in [0.4, 0.5) is 0 Å². The van der Waals surface area contributed by atoms with Gasteiger partial charge in [0.1, 0.15) is 6.61 Å². The molecule has 0 heterocycles. The topological polar surface area (TPSA) is 61.5 Å². The number of nitrogens with two attached hydrogens (primary N) is 1. The third-order valence-electron chi connectivity index (χ3n) is 1.04. The number of carbonyl (C=O) groups is 1. The van der Waals surface area contributed by atoms with E-state index in [-0.39, 0.29) is 18.4 Å². The van der Waals surface area contributed by atoms with Gasteiger partial charge in [-0.1, -0.05) is 0 Å². The number of methoxy groups -OCH3 is 1. The van der Waals surface area contributed by atoms with E-state index in [2.05, 4.69) is 4.74 Å². The van der Waals surface area contributed by atoms with Gasteiger partial charge in [-0.05, 0) is 6.92 Å². The molecule has 0 aliphatic heterocycles. The van der Waals surface area contributed by atoms with Gasteiger partial charge in [-0.15, -0.1) is 0 Å². The van der Waals surface area contributed by atoms with Crippen molar-refractivity contribution < 1.29 is 14.3 Å². The molecule has 0 spiro atoms. The summed E-state index contributed by atoms with van der Waals surface area (Å²) in [6.07, 6.45) is 0.268. The van der Waals surface area contributed by atoms with Crippen molar-refractivity contribution in [2.24, 2.45) is 5.73 Å². The summed E-state index contributed by atoms with van der Waals surface area (Å²) in [6, 6.07) is -0.134. The average Bonchev–Trinajstić information content (AvgIpc) is 1.86. The van der Waals surface area contributed by atoms with Crippen molar-refractivity contribution in [3.8, 4) is 0 Å². The molecule has 0 aromatic heterocycles. The summed E-state index contributed by atoms with van der Waals surface area (Å²) >= 11 is 0. The zero-order valence-corrected chi connectivity index (χ0v) is 7.00. The summed E-state index contributed by atoms with van der Waals surface area (Å²) in [6.45, 7) is 2.50. The first kappa shape index (κ1) is 10.4. The van der Waals surface area contributed by atoms with E-state index in [0.29, 0.717) is 13.2 Å². The molecule has 1 atom stereocenters. The van der Waals surface area contributed by atoms with Crippen molar-refractivity contribution in [3.05, 3.63) is 0 Å². The molecule has 0 aromatic carbocycles. The molecule has 0 aliphatic rings. The molecule has 0 aliphatic carbocycles. The van der Waals surface area contributed by atoms with E-state index in [4.69, 9.17) is 10.5 Å². The van der Waals surface area contributed by atoms with Crippen molar-refractivity contribution in [3.63, 3.8) is 0 Å². The van der Waals surface area contributed by atoms with Crippen LogP contribution in [0.15, 0.2) is 0 Å². The lowest BCUT2D eigenvalue weighted by Crippen LogP contribution is -2.21. The lowest BCUT2D eigenvalue weighted by molar-refractivity contribution is -0.145. The predicted octanol–water partition coefficient (Wildman–Crippen LogP) is -0.0867. The maximum atomic E-state index is 10.8. The minimum atomic E-state index is -0.267. The number of ether oxygens (including phenoxy) is 2. The van der Waals surface area contributed by atoms with Crippen molar-refractivity contribution in [2.45, 2.75) is 19.4 Å². The Balaban J connectivity index is 3.23. The molecule has 0 bridgehead atoms. The third kappa shape index (κ3) is 7.29. The molecule has 0 fully saturated rings. The Morgan fingerprint density at radius 1 is 1.55 bits per heavy atom. The molecule has 4 heteroatoms. The van der Waals surface area contributed by atoms with Gasteiger partial charge in [-0.3, -0.25) is 4.79 Å². The zero-order valence-electron chi connectivity index (χ0n) is 7.00. The fourth-order valence-corrected chi connectivity index (χ4v) is 0.561. The Kier molecular flexibility index (Phi) is 5.78. The number of esters is 1. The highest BCUT2D eigenvalue weighted by atomic mass is 16.6. The molecule has 0 radical (unpaired) electrons. The molecule has 66 valence electrons. The highest BCUT2D eigenvalue weighted by Crippen LogP contribution is 1.90. The molecule has 2 N–H and O–H groups in total. The van der Waals surface area contributed by atoms with Gasteiger partial charge < -0.3 is 15.2 Å². The second-order valence-electron chi connectivity index (χ2n) is 2.39. The molecule has 4 nitrogen and oxygen atoms in total. The average molecular weight is 161 g/mol. The van der Waals surface area contributed by atoms with Gasteiger partial charge in [0.15, 0.2) is 0 Å². The lowest BCUT2D eigenvalue weighted by atomic mass is 10.3. The summed E-state index contributed by atoms with van der Waals surface area (Å²) < 4.78 is 9.44. The number of hydrogen-bond donors (Lipinski definition) is 1. The van der Waals surface area contributed by atoms with Crippen molar-refractivity contribution in [1.29, 1.82) is 0 Å². The zero-order chi connectivity index (χ0) is 8.69. The Morgan fingerprint density at radius 3 is 2.64 bits per heavy atom. The minimum absolute atomic E-state index is 0.134. The normalized spacial score (nSPS) is 12.6. The van der Waals surface area contributed by atoms with E-state index in [0.717, 1.165) is 0 Å². The first-order valence-electron chi connectivity index (χ1n) is 3.57. The van der Waals surface area contributed by atoms with Crippen LogP contribution in [-0.2, 0) is 14.3 Å². The van der Waals surface area contributed by atoms with Gasteiger partial charge in [-0.2, -0.15) is 0 Å². The van der Waals surface area contributed by atoms with E-state index >= 15 is 0 Å². The Hall–Kier alpha value is -0.610. The van der Waals surface area contributed by atoms with Crippen LogP contribution in [-0.4, -0.2) is 32.3 Å². The van der Waals surface area contributed by atoms with E-state index < -0.39 is 0 Å². The molecule has 1 unspecified atom stereocenters. The molecular weight excluding hydrogens is 146 g/mol. The van der Waals surface area contributed by atoms with Crippen molar-refractivity contribution in [1.82, 2.24) is 0 Å². The fraction of sp³-hybridized carbons (Fsp3) is 0.857. The van der Waals surface area contributed by atoms with Gasteiger partial charge in [0.25, 0.3) is 0 Å². The third-order valence-corrected chi connectivity index (χ3v) is 1.04. The van der Waals surface area contributed by atoms with E-state index in [1.165, 1.54) is 0 Å². The Labute approximate surface area is 66.7 Å². The maximum absolute atomic E-state index is 10.8. The lowest BCUT2D eigenvalue weighted by Gasteiger charge is -2.05. The standard InChI is InChI=1S/C7H15NO3/c1-6(8)5-7(9)11-4-3-10-2/h6H,3-5,8H2,1-2H3. The maximum Gasteiger partial charge on any atom is 0.307 e. The second-order valence-corrected chi connectivity index (χ2v) is 2.39. The molecular formula is C7H15NO3. The highest BCUT2D eigenvalue weighted by Gasteiger charge is 2.04. The molecule has 0 saturated heterocycles. The predicted molar refractivity (Wildman–Crippen MR) is 41.1 cm³/mol. The largest absolute Gasteiger partial charge is 0.463 e. The first-order valence-corrected chi connectivity index (χ1v) is 3.57. The van der Waals surface area contributed by atoms with Crippen LogP contribution in [0.25, 0.3) is 0 Å². The van der Waals surface area contributed by atoms with Crippen LogP contribution >= 0.6 is 0 Å². The highest BCUT2D eigenvalue weighted by molar-refractivity contribution is 5.69. The smallest absolute Gasteiger partial charge is 0.307 e. The van der Waals surface area contributed by atoms with Gasteiger partial charge in [-0.25, -0.2) is 0 Å². The summed E-state index contributed by atoms with van der Waals surface area (Å²) in [4.78, 5) is 10.8. The fourth-order valence-electron chi connectivity index (χ4n) is 0.561. The second kappa shape index (κ2) is 6.12. The van der Waals surface area contributed by atoms with E-state index in [1.807, 2.05) is 0 Å². The van der Waals surface area contributed by atoms with Crippen LogP contribution in [0.5, 0.6) is 0 Å². The van der Waals surface area contributed by atoms with Crippen LogP contribution in [0.1, 0.15) is 13.3 Å². The first-order chi connectivity index (χ1) is 5.16. The monoisotopic (exact) mass is 161 g/mol. The number of hydrogen-bond acceptors (Lipinski definition) is 4. The Morgan fingerprint density at radius 2 is 2.18 bits per heavy atom. The molecule has 11 heavy (non-hydrogen) atoms. The van der Waals surface area contributed by atoms with Crippen LogP contribution in [0.3, 0.4) is 0 Å². The quantitative estimate of drug-likeness (QED) is 0.452. The van der Waals surface area contributed by atoms with E-state index in [9.17, 15) is 4.79 Å². The van der Waals surface area contributed by atoms with Crippen molar-refractivity contribution in [2.75, 3.05) is 20.3 Å². The number of carbonyl (C=O) groups excluding carboxylic acids is 1. The van der Waals surface area contributed by atoms with Gasteiger partial charge in [0, 0.05) is 13.2 Å². The Bertz CT molecular complexity index is 114. The van der Waals surface area contributed by atoms with Crippen LogP contribution in [0.2, 0.25) is 0 Å². The van der Waals surface area contributed by atoms with E-state index in [1.54, 1.807) is 14.0 Å². The van der Waals surface area contributed by atoms with Gasteiger partial charge >= 0.3 is 5.97 Å². The minimum Gasteiger partial charge on any atom is -0.463 e. The summed E-state index contributed by atoms with van der Waals surface area (Å²) in [5.74, 6) is -0.267. The molecule has 0 aromatic rings. The van der Waals surface area contributed by atoms with Gasteiger partial charge in [0.2, 0.25) is 0 Å². The van der Waals surface area contributed by atoms with Crippen molar-refractivity contribution >= 4 is 5.97 Å². The summed E-state index contributed by atoms with van der Waals surface area (Å²) in [5, 5.41) is 0. The number of rotatable bonds is 5.